The number of halogens is 1. The molecule has 0 aliphatic heterocycles. The van der Waals surface area contributed by atoms with Crippen LogP contribution >= 0.6 is 22.6 Å². The van der Waals surface area contributed by atoms with E-state index in [-0.39, 0.29) is 0 Å². The van der Waals surface area contributed by atoms with E-state index in [1.165, 1.54) is 19.3 Å². The van der Waals surface area contributed by atoms with Gasteiger partial charge in [-0.1, -0.05) is 63.1 Å². The second-order valence-corrected chi connectivity index (χ2v) is 7.06. The lowest BCUT2D eigenvalue weighted by Crippen LogP contribution is -2.30. The molecule has 0 nitrogen and oxygen atoms in total. The molecule has 1 saturated carbocycles. The van der Waals surface area contributed by atoms with Gasteiger partial charge >= 0.3 is 0 Å². The molecule has 0 aromatic heterocycles. The van der Waals surface area contributed by atoms with E-state index in [1.54, 1.807) is 0 Å². The number of alkyl halides is 1. The maximum atomic E-state index is 2.59. The molecular formula is C12H23I. The molecule has 0 aromatic rings. The SMILES string of the molecule is CC(I)C(C)C1C[C@@H](C)CCC1C. The summed E-state index contributed by atoms with van der Waals surface area (Å²) in [5.41, 5.74) is 0. The minimum absolute atomic E-state index is 0.829. The maximum absolute atomic E-state index is 2.59. The minimum atomic E-state index is 0.829. The van der Waals surface area contributed by atoms with Crippen molar-refractivity contribution in [3.63, 3.8) is 0 Å². The van der Waals surface area contributed by atoms with E-state index in [1.807, 2.05) is 0 Å². The molecule has 1 rings (SSSR count). The van der Waals surface area contributed by atoms with Gasteiger partial charge in [0.25, 0.3) is 0 Å². The average Bonchev–Trinajstić information content (AvgIpc) is 2.08. The average molecular weight is 294 g/mol. The zero-order valence-electron chi connectivity index (χ0n) is 9.39. The number of hydrogen-bond donors (Lipinski definition) is 0. The second-order valence-electron chi connectivity index (χ2n) is 5.10. The molecule has 1 aliphatic rings. The zero-order valence-corrected chi connectivity index (χ0v) is 11.5. The Labute approximate surface area is 97.0 Å². The highest BCUT2D eigenvalue weighted by molar-refractivity contribution is 14.1. The van der Waals surface area contributed by atoms with Crippen molar-refractivity contribution in [2.45, 2.75) is 50.9 Å². The van der Waals surface area contributed by atoms with Crippen LogP contribution < -0.4 is 0 Å². The van der Waals surface area contributed by atoms with Gasteiger partial charge in [0, 0.05) is 3.92 Å². The first-order valence-electron chi connectivity index (χ1n) is 5.66. The summed E-state index contributed by atoms with van der Waals surface area (Å²) in [5, 5.41) is 0. The van der Waals surface area contributed by atoms with Crippen LogP contribution in [0.25, 0.3) is 0 Å². The Morgan fingerprint density at radius 3 is 2.31 bits per heavy atom. The highest BCUT2D eigenvalue weighted by atomic mass is 127. The van der Waals surface area contributed by atoms with Crippen LogP contribution in [-0.2, 0) is 0 Å². The highest BCUT2D eigenvalue weighted by Gasteiger charge is 2.31. The molecule has 0 bridgehead atoms. The van der Waals surface area contributed by atoms with Crippen molar-refractivity contribution in [1.82, 2.24) is 0 Å². The molecule has 0 N–H and O–H groups in total. The van der Waals surface area contributed by atoms with E-state index >= 15 is 0 Å². The summed E-state index contributed by atoms with van der Waals surface area (Å²) in [5.74, 6) is 3.82. The van der Waals surface area contributed by atoms with Crippen LogP contribution in [0, 0.1) is 23.7 Å². The van der Waals surface area contributed by atoms with Gasteiger partial charge in [0.05, 0.1) is 0 Å². The fourth-order valence-electron chi connectivity index (χ4n) is 2.65. The molecule has 1 aliphatic carbocycles. The first-order chi connectivity index (χ1) is 6.02. The molecule has 0 heterocycles. The van der Waals surface area contributed by atoms with Crippen molar-refractivity contribution in [3.8, 4) is 0 Å². The standard InChI is InChI=1S/C12H23I/c1-8-5-6-9(2)12(7-8)10(3)11(4)13/h8-12H,5-7H2,1-4H3/t8-,9?,10?,11?,12?/m0/s1. The molecule has 0 saturated heterocycles. The van der Waals surface area contributed by atoms with Crippen molar-refractivity contribution in [3.05, 3.63) is 0 Å². The molecule has 78 valence electrons. The van der Waals surface area contributed by atoms with Crippen LogP contribution in [0.4, 0.5) is 0 Å². The molecule has 1 fully saturated rings. The third-order valence-electron chi connectivity index (χ3n) is 3.92. The number of hydrogen-bond acceptors (Lipinski definition) is 0. The van der Waals surface area contributed by atoms with Crippen molar-refractivity contribution in [1.29, 1.82) is 0 Å². The molecule has 4 unspecified atom stereocenters. The zero-order chi connectivity index (χ0) is 10.0. The summed E-state index contributed by atoms with van der Waals surface area (Å²) in [6.07, 6.45) is 4.38. The molecular weight excluding hydrogens is 271 g/mol. The largest absolute Gasteiger partial charge is 0.0826 e. The lowest BCUT2D eigenvalue weighted by molar-refractivity contribution is 0.149. The Bertz CT molecular complexity index is 153. The lowest BCUT2D eigenvalue weighted by Gasteiger charge is -2.37. The topological polar surface area (TPSA) is 0 Å². The third-order valence-corrected chi connectivity index (χ3v) is 5.05. The molecule has 0 aromatic carbocycles. The molecule has 0 spiro atoms. The summed E-state index contributed by atoms with van der Waals surface area (Å²) in [6.45, 7) is 9.67. The minimum Gasteiger partial charge on any atom is -0.0826 e. The van der Waals surface area contributed by atoms with Gasteiger partial charge in [-0.25, -0.2) is 0 Å². The van der Waals surface area contributed by atoms with E-state index in [4.69, 9.17) is 0 Å². The molecule has 0 radical (unpaired) electrons. The van der Waals surface area contributed by atoms with Crippen LogP contribution in [0.2, 0.25) is 0 Å². The Morgan fingerprint density at radius 2 is 1.77 bits per heavy atom. The van der Waals surface area contributed by atoms with Gasteiger partial charge in [0.15, 0.2) is 0 Å². The maximum Gasteiger partial charge on any atom is 0.0110 e. The smallest absolute Gasteiger partial charge is 0.0110 e. The van der Waals surface area contributed by atoms with E-state index in [0.717, 1.165) is 27.6 Å². The summed E-state index contributed by atoms with van der Waals surface area (Å²) >= 11 is 2.59. The van der Waals surface area contributed by atoms with Gasteiger partial charge in [-0.2, -0.15) is 0 Å². The molecule has 5 atom stereocenters. The monoisotopic (exact) mass is 294 g/mol. The molecule has 0 amide bonds. The van der Waals surface area contributed by atoms with Gasteiger partial charge in [0.1, 0.15) is 0 Å². The van der Waals surface area contributed by atoms with E-state index in [9.17, 15) is 0 Å². The Hall–Kier alpha value is 0.730. The summed E-state index contributed by atoms with van der Waals surface area (Å²) in [4.78, 5) is 0. The van der Waals surface area contributed by atoms with Gasteiger partial charge in [-0.05, 0) is 30.1 Å². The van der Waals surface area contributed by atoms with Crippen LogP contribution in [-0.4, -0.2) is 3.92 Å². The Kier molecular flexibility index (Phi) is 4.53. The predicted octanol–water partition coefficient (Wildman–Crippen LogP) is 4.52. The van der Waals surface area contributed by atoms with E-state index < -0.39 is 0 Å². The van der Waals surface area contributed by atoms with Crippen molar-refractivity contribution >= 4 is 22.6 Å². The number of rotatable bonds is 2. The van der Waals surface area contributed by atoms with Crippen molar-refractivity contribution in [2.24, 2.45) is 23.7 Å². The first kappa shape index (κ1) is 11.8. The fraction of sp³-hybridized carbons (Fsp3) is 1.00. The second kappa shape index (κ2) is 4.99. The van der Waals surface area contributed by atoms with Gasteiger partial charge in [-0.3, -0.25) is 0 Å². The quantitative estimate of drug-likeness (QED) is 0.519. The fourth-order valence-corrected chi connectivity index (χ4v) is 3.18. The van der Waals surface area contributed by atoms with Crippen LogP contribution in [0.5, 0.6) is 0 Å². The van der Waals surface area contributed by atoms with Crippen molar-refractivity contribution < 1.29 is 0 Å². The van der Waals surface area contributed by atoms with E-state index in [0.29, 0.717) is 0 Å². The Morgan fingerprint density at radius 1 is 1.15 bits per heavy atom. The van der Waals surface area contributed by atoms with Crippen molar-refractivity contribution in [2.75, 3.05) is 0 Å². The molecule has 13 heavy (non-hydrogen) atoms. The summed E-state index contributed by atoms with van der Waals surface area (Å²) in [6, 6.07) is 0. The summed E-state index contributed by atoms with van der Waals surface area (Å²) in [7, 11) is 0. The highest BCUT2D eigenvalue weighted by Crippen LogP contribution is 2.40. The van der Waals surface area contributed by atoms with Gasteiger partial charge in [0.2, 0.25) is 0 Å². The van der Waals surface area contributed by atoms with Gasteiger partial charge < -0.3 is 0 Å². The third kappa shape index (κ3) is 3.10. The Balaban J connectivity index is 2.54. The van der Waals surface area contributed by atoms with Crippen LogP contribution in [0.3, 0.4) is 0 Å². The molecule has 1 heteroatoms. The normalized spacial score (nSPS) is 39.9. The first-order valence-corrected chi connectivity index (χ1v) is 6.91. The van der Waals surface area contributed by atoms with Gasteiger partial charge in [-0.15, -0.1) is 0 Å². The summed E-state index contributed by atoms with van der Waals surface area (Å²) < 4.78 is 0.829. The van der Waals surface area contributed by atoms with Crippen LogP contribution in [0.1, 0.15) is 47.0 Å². The predicted molar refractivity (Wildman–Crippen MR) is 68.3 cm³/mol. The lowest BCUT2D eigenvalue weighted by atomic mass is 9.70. The van der Waals surface area contributed by atoms with E-state index in [2.05, 4.69) is 50.3 Å². The van der Waals surface area contributed by atoms with Crippen LogP contribution in [0.15, 0.2) is 0 Å².